The summed E-state index contributed by atoms with van der Waals surface area (Å²) < 4.78 is 0. The van der Waals surface area contributed by atoms with Crippen molar-refractivity contribution in [1.29, 1.82) is 5.26 Å². The molecule has 1 aromatic heterocycles. The van der Waals surface area contributed by atoms with Crippen molar-refractivity contribution in [3.63, 3.8) is 0 Å². The fourth-order valence-electron chi connectivity index (χ4n) is 2.32. The number of anilines is 1. The molecule has 0 spiro atoms. The molecule has 0 bridgehead atoms. The molecule has 0 amide bonds. The monoisotopic (exact) mass is 246 g/mol. The maximum atomic E-state index is 11.4. The predicted molar refractivity (Wildman–Crippen MR) is 63.8 cm³/mol. The fraction of sp³-hybridized carbons (Fsp3) is 0.500. The first-order valence-corrected chi connectivity index (χ1v) is 5.87. The summed E-state index contributed by atoms with van der Waals surface area (Å²) in [6.45, 7) is 0.287. The summed E-state index contributed by atoms with van der Waals surface area (Å²) in [5.74, 6) is -0.428. The molecule has 0 atom stereocenters. The van der Waals surface area contributed by atoms with E-state index in [1.54, 1.807) is 6.07 Å². The number of nitrogens with zero attached hydrogens (tertiary/aromatic N) is 3. The van der Waals surface area contributed by atoms with Gasteiger partial charge in [-0.1, -0.05) is 12.8 Å². The van der Waals surface area contributed by atoms with Crippen LogP contribution in [0.2, 0.25) is 0 Å². The van der Waals surface area contributed by atoms with Gasteiger partial charge >= 0.3 is 5.97 Å². The van der Waals surface area contributed by atoms with Crippen LogP contribution in [0, 0.1) is 16.7 Å². The lowest BCUT2D eigenvalue weighted by Crippen LogP contribution is -2.35. The minimum Gasteiger partial charge on any atom is -0.481 e. The van der Waals surface area contributed by atoms with Gasteiger partial charge in [0.15, 0.2) is 5.82 Å². The van der Waals surface area contributed by atoms with Gasteiger partial charge in [0.25, 0.3) is 0 Å². The highest BCUT2D eigenvalue weighted by Gasteiger charge is 2.41. The molecule has 94 valence electrons. The normalized spacial score (nSPS) is 17.1. The van der Waals surface area contributed by atoms with E-state index >= 15 is 0 Å². The van der Waals surface area contributed by atoms with E-state index in [2.05, 4.69) is 15.5 Å². The standard InChI is InChI=1S/C12H14N4O2/c13-7-9-3-6-15-16-10(9)14-8-12(11(17)18)4-1-2-5-12/h3,6H,1-2,4-5,8H2,(H,14,16)(H,17,18). The van der Waals surface area contributed by atoms with Crippen LogP contribution in [0.25, 0.3) is 0 Å². The molecule has 0 aromatic carbocycles. The Bertz CT molecular complexity index is 489. The van der Waals surface area contributed by atoms with Crippen LogP contribution in [0.5, 0.6) is 0 Å². The average Bonchev–Trinajstić information content (AvgIpc) is 2.87. The van der Waals surface area contributed by atoms with Gasteiger partial charge in [0, 0.05) is 6.54 Å². The van der Waals surface area contributed by atoms with Crippen molar-refractivity contribution in [3.05, 3.63) is 17.8 Å². The molecule has 6 nitrogen and oxygen atoms in total. The third-order valence-corrected chi connectivity index (χ3v) is 3.45. The van der Waals surface area contributed by atoms with Gasteiger partial charge in [-0.2, -0.15) is 10.4 Å². The molecule has 2 N–H and O–H groups in total. The summed E-state index contributed by atoms with van der Waals surface area (Å²) in [4.78, 5) is 11.4. The Morgan fingerprint density at radius 1 is 1.56 bits per heavy atom. The minimum atomic E-state index is -0.783. The van der Waals surface area contributed by atoms with Crippen molar-refractivity contribution in [2.24, 2.45) is 5.41 Å². The molecule has 1 aromatic rings. The molecule has 0 radical (unpaired) electrons. The number of carbonyl (C=O) groups is 1. The van der Waals surface area contributed by atoms with Gasteiger partial charge in [0.1, 0.15) is 6.07 Å². The Hall–Kier alpha value is -2.16. The topological polar surface area (TPSA) is 98.9 Å². The smallest absolute Gasteiger partial charge is 0.311 e. The van der Waals surface area contributed by atoms with Gasteiger partial charge < -0.3 is 10.4 Å². The third kappa shape index (κ3) is 2.25. The van der Waals surface area contributed by atoms with E-state index in [-0.39, 0.29) is 6.54 Å². The number of hydrogen-bond acceptors (Lipinski definition) is 5. The molecule has 1 fully saturated rings. The second kappa shape index (κ2) is 5.00. The van der Waals surface area contributed by atoms with E-state index in [0.717, 1.165) is 12.8 Å². The molecule has 0 unspecified atom stereocenters. The maximum Gasteiger partial charge on any atom is 0.311 e. The lowest BCUT2D eigenvalue weighted by molar-refractivity contribution is -0.147. The first kappa shape index (κ1) is 12.3. The van der Waals surface area contributed by atoms with Gasteiger partial charge in [0.05, 0.1) is 17.2 Å². The Kier molecular flexibility index (Phi) is 3.42. The van der Waals surface area contributed by atoms with Crippen LogP contribution in [0.4, 0.5) is 5.82 Å². The first-order chi connectivity index (χ1) is 8.68. The molecule has 0 aliphatic heterocycles. The van der Waals surface area contributed by atoms with Gasteiger partial charge in [-0.25, -0.2) is 0 Å². The molecule has 0 saturated heterocycles. The zero-order valence-corrected chi connectivity index (χ0v) is 9.89. The lowest BCUT2D eigenvalue weighted by atomic mass is 9.86. The highest BCUT2D eigenvalue weighted by atomic mass is 16.4. The first-order valence-electron chi connectivity index (χ1n) is 5.87. The van der Waals surface area contributed by atoms with Gasteiger partial charge in [-0.05, 0) is 18.9 Å². The van der Waals surface area contributed by atoms with Crippen molar-refractivity contribution in [2.75, 3.05) is 11.9 Å². The lowest BCUT2D eigenvalue weighted by Gasteiger charge is -2.24. The molecule has 1 aliphatic carbocycles. The second-order valence-corrected chi connectivity index (χ2v) is 4.55. The zero-order valence-electron chi connectivity index (χ0n) is 9.89. The molecule has 2 rings (SSSR count). The van der Waals surface area contributed by atoms with Crippen molar-refractivity contribution in [2.45, 2.75) is 25.7 Å². The van der Waals surface area contributed by atoms with Crippen LogP contribution in [0.15, 0.2) is 12.3 Å². The Balaban J connectivity index is 2.11. The van der Waals surface area contributed by atoms with Crippen LogP contribution in [0.3, 0.4) is 0 Å². The summed E-state index contributed by atoms with van der Waals surface area (Å²) in [7, 11) is 0. The third-order valence-electron chi connectivity index (χ3n) is 3.45. The summed E-state index contributed by atoms with van der Waals surface area (Å²) in [5.41, 5.74) is -0.354. The van der Waals surface area contributed by atoms with Crippen LogP contribution in [-0.4, -0.2) is 27.8 Å². The number of nitriles is 1. The minimum absolute atomic E-state index is 0.287. The van der Waals surface area contributed by atoms with Crippen molar-refractivity contribution < 1.29 is 9.90 Å². The van der Waals surface area contributed by atoms with Crippen LogP contribution in [0.1, 0.15) is 31.2 Å². The van der Waals surface area contributed by atoms with Crippen LogP contribution >= 0.6 is 0 Å². The fourth-order valence-corrected chi connectivity index (χ4v) is 2.32. The summed E-state index contributed by atoms with van der Waals surface area (Å²) in [5, 5.41) is 28.7. The quantitative estimate of drug-likeness (QED) is 0.833. The van der Waals surface area contributed by atoms with Crippen LogP contribution < -0.4 is 5.32 Å². The van der Waals surface area contributed by atoms with Crippen molar-refractivity contribution in [3.8, 4) is 6.07 Å². The number of rotatable bonds is 4. The van der Waals surface area contributed by atoms with E-state index < -0.39 is 11.4 Å². The Labute approximate surface area is 105 Å². The number of aliphatic carboxylic acids is 1. The number of carboxylic acid groups (broad SMARTS) is 1. The van der Waals surface area contributed by atoms with Crippen molar-refractivity contribution in [1.82, 2.24) is 10.2 Å². The molecule has 18 heavy (non-hydrogen) atoms. The maximum absolute atomic E-state index is 11.4. The number of carboxylic acids is 1. The molecule has 6 heteroatoms. The summed E-state index contributed by atoms with van der Waals surface area (Å²) in [6.07, 6.45) is 4.63. The van der Waals surface area contributed by atoms with E-state index in [1.165, 1.54) is 6.20 Å². The molecule has 1 saturated carbocycles. The highest BCUT2D eigenvalue weighted by Crippen LogP contribution is 2.38. The van der Waals surface area contributed by atoms with E-state index in [0.29, 0.717) is 24.2 Å². The predicted octanol–water partition coefficient (Wildman–Crippen LogP) is 1.41. The second-order valence-electron chi connectivity index (χ2n) is 4.55. The number of hydrogen-bond donors (Lipinski definition) is 2. The van der Waals surface area contributed by atoms with Crippen molar-refractivity contribution >= 4 is 11.8 Å². The molecular formula is C12H14N4O2. The summed E-state index contributed by atoms with van der Waals surface area (Å²) in [6, 6.07) is 3.55. The highest BCUT2D eigenvalue weighted by molar-refractivity contribution is 5.76. The summed E-state index contributed by atoms with van der Waals surface area (Å²) >= 11 is 0. The number of nitrogens with one attached hydrogen (secondary N) is 1. The van der Waals surface area contributed by atoms with E-state index in [4.69, 9.17) is 5.26 Å². The van der Waals surface area contributed by atoms with E-state index in [9.17, 15) is 9.90 Å². The SMILES string of the molecule is N#Cc1ccnnc1NCC1(C(=O)O)CCCC1. The van der Waals surface area contributed by atoms with Crippen LogP contribution in [-0.2, 0) is 4.79 Å². The number of aromatic nitrogens is 2. The Morgan fingerprint density at radius 3 is 2.89 bits per heavy atom. The largest absolute Gasteiger partial charge is 0.481 e. The zero-order chi connectivity index (χ0) is 13.0. The average molecular weight is 246 g/mol. The van der Waals surface area contributed by atoms with Gasteiger partial charge in [0.2, 0.25) is 0 Å². The molecule has 1 aliphatic rings. The van der Waals surface area contributed by atoms with Gasteiger partial charge in [-0.3, -0.25) is 4.79 Å². The molecule has 1 heterocycles. The van der Waals surface area contributed by atoms with E-state index in [1.807, 2.05) is 6.07 Å². The molecular weight excluding hydrogens is 232 g/mol. The van der Waals surface area contributed by atoms with Gasteiger partial charge in [-0.15, -0.1) is 5.10 Å². The Morgan fingerprint density at radius 2 is 2.28 bits per heavy atom.